The van der Waals surface area contributed by atoms with Crippen molar-refractivity contribution >= 4 is 17.7 Å². The molecule has 0 radical (unpaired) electrons. The molecule has 0 aliphatic carbocycles. The Labute approximate surface area is 125 Å². The van der Waals surface area contributed by atoms with Crippen LogP contribution in [0.2, 0.25) is 0 Å². The Balaban J connectivity index is 2.24. The third-order valence-corrected chi connectivity index (χ3v) is 5.00. The number of hydrogen-bond acceptors (Lipinski definition) is 4. The fourth-order valence-corrected chi connectivity index (χ4v) is 3.21. The zero-order valence-electron chi connectivity index (χ0n) is 12.7. The Hall–Kier alpha value is -1.91. The lowest BCUT2D eigenvalue weighted by atomic mass is 9.74. The van der Waals surface area contributed by atoms with Crippen LogP contribution in [0, 0.1) is 15.5 Å². The standard InChI is InChI=1S/C16H22N2O3/c1-3-16(4-2)7-9-17(10-8-16)14-6-5-13(12-19)11-15(14)18(20)21/h5-6,11-12H,3-4,7-10H2,1-2H3. The van der Waals surface area contributed by atoms with E-state index in [9.17, 15) is 14.9 Å². The predicted octanol–water partition coefficient (Wildman–Crippen LogP) is 3.81. The number of nitro benzene ring substituents is 1. The molecule has 1 fully saturated rings. The lowest BCUT2D eigenvalue weighted by Gasteiger charge is -2.41. The van der Waals surface area contributed by atoms with Crippen LogP contribution in [0.4, 0.5) is 11.4 Å². The van der Waals surface area contributed by atoms with E-state index in [4.69, 9.17) is 0 Å². The number of carbonyl (C=O) groups is 1. The first kappa shape index (κ1) is 15.5. The fourth-order valence-electron chi connectivity index (χ4n) is 3.21. The van der Waals surface area contributed by atoms with Gasteiger partial charge < -0.3 is 4.90 Å². The van der Waals surface area contributed by atoms with Gasteiger partial charge in [-0.3, -0.25) is 14.9 Å². The predicted molar refractivity (Wildman–Crippen MR) is 82.9 cm³/mol. The molecule has 1 aliphatic heterocycles. The first-order valence-corrected chi connectivity index (χ1v) is 7.54. The molecular weight excluding hydrogens is 268 g/mol. The number of hydrogen-bond donors (Lipinski definition) is 0. The van der Waals surface area contributed by atoms with Gasteiger partial charge in [0, 0.05) is 24.7 Å². The Morgan fingerprint density at radius 3 is 2.38 bits per heavy atom. The Morgan fingerprint density at radius 2 is 1.90 bits per heavy atom. The van der Waals surface area contributed by atoms with Crippen LogP contribution >= 0.6 is 0 Å². The van der Waals surface area contributed by atoms with Crippen LogP contribution in [-0.4, -0.2) is 24.3 Å². The number of anilines is 1. The number of nitrogens with zero attached hydrogens (tertiary/aromatic N) is 2. The van der Waals surface area contributed by atoms with Crippen molar-refractivity contribution in [3.8, 4) is 0 Å². The molecule has 1 heterocycles. The maximum atomic E-state index is 11.2. The van der Waals surface area contributed by atoms with E-state index in [0.717, 1.165) is 38.8 Å². The van der Waals surface area contributed by atoms with Gasteiger partial charge in [0.1, 0.15) is 12.0 Å². The quantitative estimate of drug-likeness (QED) is 0.470. The molecule has 5 heteroatoms. The van der Waals surface area contributed by atoms with E-state index in [-0.39, 0.29) is 5.69 Å². The van der Waals surface area contributed by atoms with Crippen LogP contribution in [0.1, 0.15) is 49.9 Å². The molecule has 1 aliphatic rings. The van der Waals surface area contributed by atoms with Gasteiger partial charge in [-0.05, 0) is 30.4 Å². The molecule has 1 aromatic rings. The first-order chi connectivity index (χ1) is 10.0. The largest absolute Gasteiger partial charge is 0.366 e. The third-order valence-electron chi connectivity index (χ3n) is 5.00. The van der Waals surface area contributed by atoms with Gasteiger partial charge in [-0.25, -0.2) is 0 Å². The number of rotatable bonds is 5. The molecule has 0 spiro atoms. The lowest BCUT2D eigenvalue weighted by molar-refractivity contribution is -0.384. The molecule has 114 valence electrons. The van der Waals surface area contributed by atoms with Crippen molar-refractivity contribution in [3.63, 3.8) is 0 Å². The molecule has 5 nitrogen and oxygen atoms in total. The van der Waals surface area contributed by atoms with Crippen LogP contribution in [-0.2, 0) is 0 Å². The van der Waals surface area contributed by atoms with E-state index < -0.39 is 4.92 Å². The summed E-state index contributed by atoms with van der Waals surface area (Å²) >= 11 is 0. The molecule has 21 heavy (non-hydrogen) atoms. The average Bonchev–Trinajstić information content (AvgIpc) is 2.54. The summed E-state index contributed by atoms with van der Waals surface area (Å²) in [5.74, 6) is 0. The molecule has 0 amide bonds. The summed E-state index contributed by atoms with van der Waals surface area (Å²) in [7, 11) is 0. The topological polar surface area (TPSA) is 63.5 Å². The van der Waals surface area contributed by atoms with Gasteiger partial charge in [0.05, 0.1) is 4.92 Å². The van der Waals surface area contributed by atoms with Crippen molar-refractivity contribution in [2.45, 2.75) is 39.5 Å². The SMILES string of the molecule is CCC1(CC)CCN(c2ccc(C=O)cc2[N+](=O)[O-])CC1. The Kier molecular flexibility index (Phi) is 4.60. The van der Waals surface area contributed by atoms with Crippen LogP contribution in [0.3, 0.4) is 0 Å². The zero-order chi connectivity index (χ0) is 15.5. The molecule has 0 saturated carbocycles. The van der Waals surface area contributed by atoms with Crippen molar-refractivity contribution in [3.05, 3.63) is 33.9 Å². The van der Waals surface area contributed by atoms with Crippen molar-refractivity contribution in [2.24, 2.45) is 5.41 Å². The second kappa shape index (κ2) is 6.24. The van der Waals surface area contributed by atoms with E-state index in [1.54, 1.807) is 12.1 Å². The van der Waals surface area contributed by atoms with E-state index in [1.807, 2.05) is 0 Å². The number of benzene rings is 1. The molecular formula is C16H22N2O3. The summed E-state index contributed by atoms with van der Waals surface area (Å²) in [6, 6.07) is 4.72. The summed E-state index contributed by atoms with van der Waals surface area (Å²) < 4.78 is 0. The van der Waals surface area contributed by atoms with Gasteiger partial charge in [-0.2, -0.15) is 0 Å². The molecule has 1 aromatic carbocycles. The highest BCUT2D eigenvalue weighted by Crippen LogP contribution is 2.40. The van der Waals surface area contributed by atoms with Gasteiger partial charge in [-0.15, -0.1) is 0 Å². The molecule has 2 rings (SSSR count). The summed E-state index contributed by atoms with van der Waals surface area (Å²) in [5, 5.41) is 11.2. The summed E-state index contributed by atoms with van der Waals surface area (Å²) in [4.78, 5) is 23.7. The minimum atomic E-state index is -0.399. The number of carbonyl (C=O) groups excluding carboxylic acids is 1. The molecule has 0 N–H and O–H groups in total. The number of aldehydes is 1. The van der Waals surface area contributed by atoms with Gasteiger partial charge >= 0.3 is 0 Å². The third kappa shape index (κ3) is 3.06. The normalized spacial score (nSPS) is 17.5. The summed E-state index contributed by atoms with van der Waals surface area (Å²) in [6.07, 6.45) is 5.08. The molecule has 0 aromatic heterocycles. The van der Waals surface area contributed by atoms with Crippen LogP contribution in [0.5, 0.6) is 0 Å². The number of piperidine rings is 1. The minimum absolute atomic E-state index is 0.0279. The zero-order valence-corrected chi connectivity index (χ0v) is 12.7. The highest BCUT2D eigenvalue weighted by Gasteiger charge is 2.33. The van der Waals surface area contributed by atoms with E-state index in [1.165, 1.54) is 6.07 Å². The number of nitro groups is 1. The van der Waals surface area contributed by atoms with Crippen molar-refractivity contribution < 1.29 is 9.72 Å². The lowest BCUT2D eigenvalue weighted by Crippen LogP contribution is -2.39. The minimum Gasteiger partial charge on any atom is -0.366 e. The van der Waals surface area contributed by atoms with Crippen molar-refractivity contribution in [2.75, 3.05) is 18.0 Å². The van der Waals surface area contributed by atoms with E-state index >= 15 is 0 Å². The van der Waals surface area contributed by atoms with Crippen LogP contribution < -0.4 is 4.90 Å². The van der Waals surface area contributed by atoms with Crippen LogP contribution in [0.25, 0.3) is 0 Å². The van der Waals surface area contributed by atoms with Crippen LogP contribution in [0.15, 0.2) is 18.2 Å². The van der Waals surface area contributed by atoms with Gasteiger partial charge in [0.25, 0.3) is 5.69 Å². The maximum absolute atomic E-state index is 11.2. The fraction of sp³-hybridized carbons (Fsp3) is 0.562. The summed E-state index contributed by atoms with van der Waals surface area (Å²) in [5.41, 5.74) is 1.39. The summed E-state index contributed by atoms with van der Waals surface area (Å²) in [6.45, 7) is 6.12. The smallest absolute Gasteiger partial charge is 0.293 e. The first-order valence-electron chi connectivity index (χ1n) is 7.54. The highest BCUT2D eigenvalue weighted by molar-refractivity contribution is 5.79. The second-order valence-corrected chi connectivity index (χ2v) is 5.82. The highest BCUT2D eigenvalue weighted by atomic mass is 16.6. The second-order valence-electron chi connectivity index (χ2n) is 5.82. The average molecular weight is 290 g/mol. The monoisotopic (exact) mass is 290 g/mol. The van der Waals surface area contributed by atoms with Gasteiger partial charge in [0.2, 0.25) is 0 Å². The molecule has 1 saturated heterocycles. The van der Waals surface area contributed by atoms with Gasteiger partial charge in [0.15, 0.2) is 0 Å². The Morgan fingerprint density at radius 1 is 1.29 bits per heavy atom. The molecule has 0 bridgehead atoms. The van der Waals surface area contributed by atoms with E-state index in [2.05, 4.69) is 18.7 Å². The van der Waals surface area contributed by atoms with Crippen molar-refractivity contribution in [1.29, 1.82) is 0 Å². The molecule has 0 unspecified atom stereocenters. The Bertz CT molecular complexity index is 528. The maximum Gasteiger partial charge on any atom is 0.293 e. The molecule has 0 atom stereocenters. The van der Waals surface area contributed by atoms with E-state index in [0.29, 0.717) is 23.0 Å². The van der Waals surface area contributed by atoms with Crippen molar-refractivity contribution in [1.82, 2.24) is 0 Å². The van der Waals surface area contributed by atoms with Gasteiger partial charge in [-0.1, -0.05) is 26.7 Å².